The fourth-order valence-corrected chi connectivity index (χ4v) is 2.00. The lowest BCUT2D eigenvalue weighted by atomic mass is 9.57. The maximum Gasteiger partial charge on any atom is 0.242 e. The van der Waals surface area contributed by atoms with Gasteiger partial charge in [0, 0.05) is 24.4 Å². The van der Waals surface area contributed by atoms with E-state index in [1.807, 2.05) is 0 Å². The molecule has 1 atom stereocenters. The summed E-state index contributed by atoms with van der Waals surface area (Å²) in [5.41, 5.74) is 0.0220. The summed E-state index contributed by atoms with van der Waals surface area (Å²) < 4.78 is 24.3. The molecular weight excluding hydrogens is 136 g/mol. The van der Waals surface area contributed by atoms with Crippen LogP contribution in [0, 0.1) is 11.3 Å². The predicted molar refractivity (Wildman–Crippen MR) is 34.0 cm³/mol. The second kappa shape index (κ2) is 1.91. The minimum atomic E-state index is -2.09. The van der Waals surface area contributed by atoms with Gasteiger partial charge in [0.1, 0.15) is 0 Å². The van der Waals surface area contributed by atoms with Crippen LogP contribution in [0.1, 0.15) is 12.8 Å². The Hall–Kier alpha value is -0.180. The molecule has 1 N–H and O–H groups in total. The van der Waals surface area contributed by atoms with Crippen LogP contribution in [-0.4, -0.2) is 19.5 Å². The quantitative estimate of drug-likeness (QED) is 0.588. The molecule has 2 fully saturated rings. The van der Waals surface area contributed by atoms with Gasteiger partial charge in [0.2, 0.25) is 6.43 Å². The SMILES string of the molecule is FC(F)[C@H]1CCC12CNC2. The summed E-state index contributed by atoms with van der Waals surface area (Å²) in [5, 5.41) is 3.06. The van der Waals surface area contributed by atoms with E-state index in [1.54, 1.807) is 0 Å². The Balaban J connectivity index is 1.99. The summed E-state index contributed by atoms with van der Waals surface area (Å²) in [6.45, 7) is 1.64. The van der Waals surface area contributed by atoms with E-state index in [9.17, 15) is 8.78 Å². The van der Waals surface area contributed by atoms with Crippen LogP contribution in [0.2, 0.25) is 0 Å². The third-order valence-electron chi connectivity index (χ3n) is 3.00. The highest BCUT2D eigenvalue weighted by Crippen LogP contribution is 2.51. The molecule has 0 aromatic carbocycles. The van der Waals surface area contributed by atoms with Crippen LogP contribution >= 0.6 is 0 Å². The lowest BCUT2D eigenvalue weighted by molar-refractivity contribution is -0.109. The normalized spacial score (nSPS) is 35.7. The van der Waals surface area contributed by atoms with Gasteiger partial charge >= 0.3 is 0 Å². The zero-order chi connectivity index (χ0) is 7.19. The molecule has 0 aromatic heterocycles. The van der Waals surface area contributed by atoms with Crippen LogP contribution in [0.4, 0.5) is 8.78 Å². The second-order valence-electron chi connectivity index (χ2n) is 3.45. The lowest BCUT2D eigenvalue weighted by Gasteiger charge is -2.55. The molecule has 2 rings (SSSR count). The number of alkyl halides is 2. The fraction of sp³-hybridized carbons (Fsp3) is 1.00. The first-order chi connectivity index (χ1) is 4.75. The van der Waals surface area contributed by atoms with E-state index in [0.29, 0.717) is 0 Å². The zero-order valence-electron chi connectivity index (χ0n) is 5.74. The molecule has 1 nitrogen and oxygen atoms in total. The van der Waals surface area contributed by atoms with Gasteiger partial charge < -0.3 is 5.32 Å². The molecular formula is C7H11F2N. The smallest absolute Gasteiger partial charge is 0.242 e. The highest BCUT2D eigenvalue weighted by Gasteiger charge is 2.54. The number of halogens is 2. The molecule has 1 saturated carbocycles. The maximum atomic E-state index is 12.2. The van der Waals surface area contributed by atoms with Gasteiger partial charge in [-0.1, -0.05) is 0 Å². The van der Waals surface area contributed by atoms with Crippen molar-refractivity contribution in [2.24, 2.45) is 11.3 Å². The van der Waals surface area contributed by atoms with E-state index in [-0.39, 0.29) is 11.3 Å². The van der Waals surface area contributed by atoms with Gasteiger partial charge in [-0.25, -0.2) is 8.78 Å². The lowest BCUT2D eigenvalue weighted by Crippen LogP contribution is -2.64. The van der Waals surface area contributed by atoms with Gasteiger partial charge in [0.25, 0.3) is 0 Å². The highest BCUT2D eigenvalue weighted by atomic mass is 19.3. The molecule has 1 heterocycles. The van der Waals surface area contributed by atoms with Crippen molar-refractivity contribution < 1.29 is 8.78 Å². The number of nitrogens with one attached hydrogen (secondary N) is 1. The first-order valence-corrected chi connectivity index (χ1v) is 3.73. The molecule has 1 aliphatic heterocycles. The molecule has 3 heteroatoms. The fourth-order valence-electron chi connectivity index (χ4n) is 2.00. The topological polar surface area (TPSA) is 12.0 Å². The highest BCUT2D eigenvalue weighted by molar-refractivity contribution is 5.05. The molecule has 58 valence electrons. The monoisotopic (exact) mass is 147 g/mol. The zero-order valence-corrected chi connectivity index (χ0v) is 5.74. The maximum absolute atomic E-state index is 12.2. The van der Waals surface area contributed by atoms with Crippen molar-refractivity contribution in [1.82, 2.24) is 5.32 Å². The van der Waals surface area contributed by atoms with E-state index in [0.717, 1.165) is 25.9 Å². The van der Waals surface area contributed by atoms with E-state index in [4.69, 9.17) is 0 Å². The molecule has 1 aliphatic carbocycles. The van der Waals surface area contributed by atoms with Crippen molar-refractivity contribution >= 4 is 0 Å². The third kappa shape index (κ3) is 0.641. The molecule has 0 aromatic rings. The minimum Gasteiger partial charge on any atom is -0.316 e. The Labute approximate surface area is 58.8 Å². The first kappa shape index (κ1) is 6.53. The Kier molecular flexibility index (Phi) is 1.24. The van der Waals surface area contributed by atoms with Crippen LogP contribution < -0.4 is 5.32 Å². The molecule has 0 radical (unpaired) electrons. The van der Waals surface area contributed by atoms with Crippen LogP contribution in [0.25, 0.3) is 0 Å². The van der Waals surface area contributed by atoms with E-state index in [1.165, 1.54) is 0 Å². The third-order valence-corrected chi connectivity index (χ3v) is 3.00. The van der Waals surface area contributed by atoms with Gasteiger partial charge in [-0.2, -0.15) is 0 Å². The van der Waals surface area contributed by atoms with Crippen LogP contribution in [0.5, 0.6) is 0 Å². The van der Waals surface area contributed by atoms with Gasteiger partial charge in [0.05, 0.1) is 0 Å². The van der Waals surface area contributed by atoms with Crippen molar-refractivity contribution in [3.8, 4) is 0 Å². The largest absolute Gasteiger partial charge is 0.316 e. The number of hydrogen-bond acceptors (Lipinski definition) is 1. The Bertz CT molecular complexity index is 137. The average Bonchev–Trinajstić information content (AvgIpc) is 1.53. The first-order valence-electron chi connectivity index (χ1n) is 3.73. The molecule has 1 spiro atoms. The van der Waals surface area contributed by atoms with Gasteiger partial charge in [0.15, 0.2) is 0 Å². The van der Waals surface area contributed by atoms with Gasteiger partial charge in [-0.15, -0.1) is 0 Å². The summed E-state index contributed by atoms with van der Waals surface area (Å²) in [4.78, 5) is 0. The number of hydrogen-bond donors (Lipinski definition) is 1. The Morgan fingerprint density at radius 3 is 2.20 bits per heavy atom. The summed E-state index contributed by atoms with van der Waals surface area (Å²) in [5.74, 6) is -0.297. The summed E-state index contributed by atoms with van der Waals surface area (Å²) in [7, 11) is 0. The van der Waals surface area contributed by atoms with Crippen LogP contribution in [0.15, 0.2) is 0 Å². The second-order valence-corrected chi connectivity index (χ2v) is 3.45. The molecule has 1 saturated heterocycles. The standard InChI is InChI=1S/C7H11F2N/c8-6(9)5-1-2-7(5)3-10-4-7/h5-6,10H,1-4H2/t5-/m1/s1. The molecule has 0 unspecified atom stereocenters. The van der Waals surface area contributed by atoms with Crippen molar-refractivity contribution in [3.63, 3.8) is 0 Å². The Morgan fingerprint density at radius 1 is 1.40 bits per heavy atom. The average molecular weight is 147 g/mol. The molecule has 0 bridgehead atoms. The molecule has 0 amide bonds. The van der Waals surface area contributed by atoms with Crippen molar-refractivity contribution in [2.45, 2.75) is 19.3 Å². The van der Waals surface area contributed by atoms with Crippen molar-refractivity contribution in [2.75, 3.05) is 13.1 Å². The van der Waals surface area contributed by atoms with Crippen LogP contribution in [0.3, 0.4) is 0 Å². The summed E-state index contributed by atoms with van der Waals surface area (Å²) >= 11 is 0. The van der Waals surface area contributed by atoms with Crippen molar-refractivity contribution in [1.29, 1.82) is 0 Å². The van der Waals surface area contributed by atoms with E-state index in [2.05, 4.69) is 5.32 Å². The van der Waals surface area contributed by atoms with Gasteiger partial charge in [-0.05, 0) is 12.8 Å². The van der Waals surface area contributed by atoms with Crippen LogP contribution in [-0.2, 0) is 0 Å². The van der Waals surface area contributed by atoms with Crippen molar-refractivity contribution in [3.05, 3.63) is 0 Å². The van der Waals surface area contributed by atoms with Gasteiger partial charge in [-0.3, -0.25) is 0 Å². The summed E-state index contributed by atoms with van der Waals surface area (Å²) in [6.07, 6.45) is -0.343. The predicted octanol–water partition coefficient (Wildman–Crippen LogP) is 1.25. The molecule has 10 heavy (non-hydrogen) atoms. The minimum absolute atomic E-state index is 0.0220. The number of rotatable bonds is 1. The van der Waals surface area contributed by atoms with E-state index < -0.39 is 6.43 Å². The summed E-state index contributed by atoms with van der Waals surface area (Å²) in [6, 6.07) is 0. The molecule has 2 aliphatic rings. The van der Waals surface area contributed by atoms with E-state index >= 15 is 0 Å². The Morgan fingerprint density at radius 2 is 2.10 bits per heavy atom.